The first-order chi connectivity index (χ1) is 4.83. The summed E-state index contributed by atoms with van der Waals surface area (Å²) in [7, 11) is 1.12. The molecule has 11 heavy (non-hydrogen) atoms. The Balaban J connectivity index is 3.63. The highest BCUT2D eigenvalue weighted by Gasteiger charge is 2.16. The number of phosphoric acid groups is 1. The lowest BCUT2D eigenvalue weighted by Crippen LogP contribution is -2.08. The maximum absolute atomic E-state index is 10.2. The van der Waals surface area contributed by atoms with Gasteiger partial charge in [-0.2, -0.15) is 0 Å². The lowest BCUT2D eigenvalue weighted by atomic mass is 9.79. The standard InChI is InChI=1S/C5H12BO4P/c1-4(2)5(6)3-10-11(7,8)9/h4-5H,3H2,1-2H3,(H2,7,8,9). The molecule has 0 aromatic heterocycles. The summed E-state index contributed by atoms with van der Waals surface area (Å²) in [4.78, 5) is 16.6. The second-order valence-electron chi connectivity index (χ2n) is 2.69. The second-order valence-corrected chi connectivity index (χ2v) is 3.93. The van der Waals surface area contributed by atoms with E-state index in [1.807, 2.05) is 13.8 Å². The number of hydrogen-bond acceptors (Lipinski definition) is 2. The van der Waals surface area contributed by atoms with Crippen LogP contribution >= 0.6 is 7.82 Å². The van der Waals surface area contributed by atoms with Gasteiger partial charge in [-0.3, -0.25) is 4.52 Å². The molecule has 2 radical (unpaired) electrons. The Labute approximate surface area is 67.6 Å². The van der Waals surface area contributed by atoms with Crippen LogP contribution in [-0.2, 0) is 9.09 Å². The third kappa shape index (κ3) is 6.57. The Morgan fingerprint density at radius 1 is 1.55 bits per heavy atom. The number of phosphoric ester groups is 1. The summed E-state index contributed by atoms with van der Waals surface area (Å²) in [6.45, 7) is 3.60. The summed E-state index contributed by atoms with van der Waals surface area (Å²) < 4.78 is 14.4. The molecule has 0 saturated carbocycles. The molecule has 0 aromatic rings. The van der Waals surface area contributed by atoms with Gasteiger partial charge in [-0.15, -0.1) is 0 Å². The van der Waals surface area contributed by atoms with Crippen LogP contribution in [0.2, 0.25) is 5.82 Å². The minimum atomic E-state index is -4.34. The van der Waals surface area contributed by atoms with E-state index in [4.69, 9.17) is 17.6 Å². The first kappa shape index (κ1) is 11.2. The van der Waals surface area contributed by atoms with E-state index >= 15 is 0 Å². The average Bonchev–Trinajstić information content (AvgIpc) is 1.80. The summed E-state index contributed by atoms with van der Waals surface area (Å²) in [5.41, 5.74) is 0. The Morgan fingerprint density at radius 2 is 2.00 bits per heavy atom. The van der Waals surface area contributed by atoms with Crippen LogP contribution in [0.15, 0.2) is 0 Å². The Morgan fingerprint density at radius 3 is 2.27 bits per heavy atom. The summed E-state index contributed by atoms with van der Waals surface area (Å²) in [5, 5.41) is 0. The molecule has 2 N–H and O–H groups in total. The van der Waals surface area contributed by atoms with E-state index in [1.165, 1.54) is 0 Å². The lowest BCUT2D eigenvalue weighted by Gasteiger charge is -2.15. The molecule has 0 amide bonds. The highest BCUT2D eigenvalue weighted by Crippen LogP contribution is 2.37. The van der Waals surface area contributed by atoms with Crippen LogP contribution in [0.1, 0.15) is 13.8 Å². The molecule has 1 atom stereocenters. The van der Waals surface area contributed by atoms with Crippen molar-refractivity contribution in [2.45, 2.75) is 19.7 Å². The van der Waals surface area contributed by atoms with E-state index in [0.29, 0.717) is 0 Å². The zero-order chi connectivity index (χ0) is 9.07. The van der Waals surface area contributed by atoms with Gasteiger partial charge >= 0.3 is 7.82 Å². The van der Waals surface area contributed by atoms with E-state index in [2.05, 4.69) is 4.52 Å². The van der Waals surface area contributed by atoms with Crippen molar-refractivity contribution in [1.29, 1.82) is 0 Å². The summed E-state index contributed by atoms with van der Waals surface area (Å²) in [5.74, 6) is -0.177. The minimum Gasteiger partial charge on any atom is -0.303 e. The van der Waals surface area contributed by atoms with E-state index in [9.17, 15) is 4.57 Å². The third-order valence-corrected chi connectivity index (χ3v) is 1.78. The average molecular weight is 178 g/mol. The summed E-state index contributed by atoms with van der Waals surface area (Å²) >= 11 is 0. The fourth-order valence-corrected chi connectivity index (χ4v) is 0.742. The maximum Gasteiger partial charge on any atom is 0.469 e. The van der Waals surface area contributed by atoms with E-state index < -0.39 is 7.82 Å². The van der Waals surface area contributed by atoms with Crippen molar-refractivity contribution < 1.29 is 18.9 Å². The van der Waals surface area contributed by atoms with Crippen LogP contribution in [0.4, 0.5) is 0 Å². The second kappa shape index (κ2) is 4.26. The van der Waals surface area contributed by atoms with Crippen molar-refractivity contribution in [2.24, 2.45) is 5.92 Å². The minimum absolute atomic E-state index is 0.109. The third-order valence-electron chi connectivity index (χ3n) is 1.29. The molecule has 0 rings (SSSR count). The smallest absolute Gasteiger partial charge is 0.303 e. The van der Waals surface area contributed by atoms with Gasteiger partial charge in [0.25, 0.3) is 0 Å². The van der Waals surface area contributed by atoms with Crippen LogP contribution in [0.3, 0.4) is 0 Å². The van der Waals surface area contributed by atoms with Crippen LogP contribution in [0, 0.1) is 5.92 Å². The molecule has 0 aliphatic carbocycles. The van der Waals surface area contributed by atoms with Crippen LogP contribution in [-0.4, -0.2) is 24.2 Å². The molecule has 0 bridgehead atoms. The Kier molecular flexibility index (Phi) is 4.33. The van der Waals surface area contributed by atoms with Gasteiger partial charge in [-0.05, 0) is 5.92 Å². The largest absolute Gasteiger partial charge is 0.469 e. The first-order valence-corrected chi connectivity index (χ1v) is 4.81. The van der Waals surface area contributed by atoms with Gasteiger partial charge in [0.15, 0.2) is 0 Å². The van der Waals surface area contributed by atoms with Gasteiger partial charge in [-0.1, -0.05) is 19.7 Å². The molecule has 0 aromatic carbocycles. The van der Waals surface area contributed by atoms with Crippen molar-refractivity contribution in [1.82, 2.24) is 0 Å². The van der Waals surface area contributed by atoms with Gasteiger partial charge in [0.05, 0.1) is 14.5 Å². The molecule has 1 unspecified atom stereocenters. The van der Waals surface area contributed by atoms with Crippen molar-refractivity contribution in [3.63, 3.8) is 0 Å². The van der Waals surface area contributed by atoms with Crippen molar-refractivity contribution in [2.75, 3.05) is 6.61 Å². The fourth-order valence-electron chi connectivity index (χ4n) is 0.376. The molecule has 6 heteroatoms. The molecule has 0 saturated heterocycles. The van der Waals surface area contributed by atoms with Crippen molar-refractivity contribution in [3.05, 3.63) is 0 Å². The molecule has 0 heterocycles. The normalized spacial score (nSPS) is 15.4. The first-order valence-electron chi connectivity index (χ1n) is 3.28. The van der Waals surface area contributed by atoms with Gasteiger partial charge in [0, 0.05) is 0 Å². The highest BCUT2D eigenvalue weighted by molar-refractivity contribution is 7.46. The lowest BCUT2D eigenvalue weighted by molar-refractivity contribution is 0.188. The van der Waals surface area contributed by atoms with Crippen molar-refractivity contribution >= 4 is 15.7 Å². The molecule has 0 aliphatic rings. The molecule has 64 valence electrons. The van der Waals surface area contributed by atoms with Crippen LogP contribution in [0.5, 0.6) is 0 Å². The fraction of sp³-hybridized carbons (Fsp3) is 1.00. The quantitative estimate of drug-likeness (QED) is 0.491. The molecular weight excluding hydrogens is 166 g/mol. The topological polar surface area (TPSA) is 66.8 Å². The monoisotopic (exact) mass is 178 g/mol. The molecule has 4 nitrogen and oxygen atoms in total. The van der Waals surface area contributed by atoms with Crippen LogP contribution in [0.25, 0.3) is 0 Å². The van der Waals surface area contributed by atoms with E-state index in [0.717, 1.165) is 0 Å². The summed E-state index contributed by atoms with van der Waals surface area (Å²) in [6, 6.07) is 0. The predicted octanol–water partition coefficient (Wildman–Crippen LogP) is 0.709. The Hall–Kier alpha value is 0.175. The van der Waals surface area contributed by atoms with Gasteiger partial charge in [0.2, 0.25) is 0 Å². The molecular formula is C5H12BO4P. The zero-order valence-corrected chi connectivity index (χ0v) is 7.49. The maximum atomic E-state index is 10.2. The predicted molar refractivity (Wildman–Crippen MR) is 42.3 cm³/mol. The summed E-state index contributed by atoms with van der Waals surface area (Å²) in [6.07, 6.45) is 0. The molecule has 0 fully saturated rings. The molecule has 0 spiro atoms. The van der Waals surface area contributed by atoms with Gasteiger partial charge < -0.3 is 9.79 Å². The SMILES string of the molecule is [B]C(COP(=O)(O)O)C(C)C. The number of rotatable bonds is 4. The zero-order valence-electron chi connectivity index (χ0n) is 6.60. The van der Waals surface area contributed by atoms with Crippen molar-refractivity contribution in [3.8, 4) is 0 Å². The van der Waals surface area contributed by atoms with E-state index in [-0.39, 0.29) is 18.3 Å². The highest BCUT2D eigenvalue weighted by atomic mass is 31.2. The van der Waals surface area contributed by atoms with Gasteiger partial charge in [0.1, 0.15) is 0 Å². The van der Waals surface area contributed by atoms with Gasteiger partial charge in [-0.25, -0.2) is 4.57 Å². The molecule has 0 aliphatic heterocycles. The Bertz CT molecular complexity index is 155. The number of hydrogen-bond donors (Lipinski definition) is 2. The van der Waals surface area contributed by atoms with Crippen LogP contribution < -0.4 is 0 Å². The van der Waals surface area contributed by atoms with E-state index in [1.54, 1.807) is 0 Å².